The summed E-state index contributed by atoms with van der Waals surface area (Å²) in [5.41, 5.74) is 6.33. The zero-order valence-corrected chi connectivity index (χ0v) is 21.1. The summed E-state index contributed by atoms with van der Waals surface area (Å²) in [6.45, 7) is 10.9. The van der Waals surface area contributed by atoms with Gasteiger partial charge in [0.25, 0.3) is 20.2 Å². The van der Waals surface area contributed by atoms with E-state index in [-0.39, 0.29) is 21.6 Å². The third kappa shape index (κ3) is 4.51. The Morgan fingerprint density at radius 2 is 0.875 bits per heavy atom. The number of aryl methyl sites for hydroxylation is 4. The zero-order valence-electron chi connectivity index (χ0n) is 19.5. The first-order chi connectivity index (χ1) is 14.6. The van der Waals surface area contributed by atoms with Crippen LogP contribution in [0.3, 0.4) is 0 Å². The van der Waals surface area contributed by atoms with Gasteiger partial charge in [-0.2, -0.15) is 16.8 Å². The molecule has 0 bridgehead atoms. The number of rotatable bonds is 4. The molecule has 2 aromatic carbocycles. The lowest BCUT2D eigenvalue weighted by molar-refractivity contribution is 0.391. The lowest BCUT2D eigenvalue weighted by Crippen LogP contribution is -2.18. The van der Waals surface area contributed by atoms with Crippen molar-refractivity contribution in [2.75, 3.05) is 0 Å². The molecule has 0 aromatic heterocycles. The van der Waals surface area contributed by atoms with Crippen molar-refractivity contribution < 1.29 is 25.9 Å². The second-order valence-corrected chi connectivity index (χ2v) is 12.0. The van der Waals surface area contributed by atoms with E-state index in [1.807, 2.05) is 26.0 Å². The predicted octanol–water partition coefficient (Wildman–Crippen LogP) is 5.47. The summed E-state index contributed by atoms with van der Waals surface area (Å²) in [7, 11) is -8.62. The Morgan fingerprint density at radius 1 is 0.594 bits per heavy atom. The molecule has 8 heteroatoms. The Labute approximate surface area is 191 Å². The highest BCUT2D eigenvalue weighted by atomic mass is 32.2. The van der Waals surface area contributed by atoms with Crippen LogP contribution in [0.15, 0.2) is 21.9 Å². The highest BCUT2D eigenvalue weighted by molar-refractivity contribution is 7.86. The third-order valence-electron chi connectivity index (χ3n) is 6.98. The monoisotopic (exact) mass is 480 g/mol. The van der Waals surface area contributed by atoms with Gasteiger partial charge < -0.3 is 0 Å². The summed E-state index contributed by atoms with van der Waals surface area (Å²) in [6.07, 6.45) is 3.31. The number of hydrogen-bond donors (Lipinski definition) is 2. The maximum atomic E-state index is 12.0. The van der Waals surface area contributed by atoms with Crippen LogP contribution in [0.2, 0.25) is 0 Å². The molecule has 1 aliphatic rings. The van der Waals surface area contributed by atoms with Gasteiger partial charge >= 0.3 is 0 Å². The maximum absolute atomic E-state index is 12.0. The van der Waals surface area contributed by atoms with Gasteiger partial charge in [0.15, 0.2) is 0 Å². The Morgan fingerprint density at radius 3 is 1.12 bits per heavy atom. The summed E-state index contributed by atoms with van der Waals surface area (Å²) >= 11 is 0. The fourth-order valence-corrected chi connectivity index (χ4v) is 8.01. The molecule has 0 amide bonds. The number of hydrogen-bond acceptors (Lipinski definition) is 4. The quantitative estimate of drug-likeness (QED) is 0.562. The summed E-state index contributed by atoms with van der Waals surface area (Å²) < 4.78 is 67.3. The number of benzene rings is 2. The summed E-state index contributed by atoms with van der Waals surface area (Å²) in [5, 5.41) is 0. The van der Waals surface area contributed by atoms with Crippen LogP contribution >= 0.6 is 0 Å². The van der Waals surface area contributed by atoms with E-state index in [9.17, 15) is 25.9 Å². The van der Waals surface area contributed by atoms with Gasteiger partial charge in [0.2, 0.25) is 0 Å². The first-order valence-corrected chi connectivity index (χ1v) is 13.7. The van der Waals surface area contributed by atoms with Crippen molar-refractivity contribution in [3.8, 4) is 0 Å². The minimum Gasteiger partial charge on any atom is -0.282 e. The van der Waals surface area contributed by atoms with Gasteiger partial charge in [0.1, 0.15) is 0 Å². The molecular weight excluding hydrogens is 448 g/mol. The van der Waals surface area contributed by atoms with Crippen molar-refractivity contribution in [3.63, 3.8) is 0 Å². The van der Waals surface area contributed by atoms with Crippen LogP contribution in [-0.4, -0.2) is 25.9 Å². The molecule has 2 N–H and O–H groups in total. The van der Waals surface area contributed by atoms with Crippen LogP contribution in [0.25, 0.3) is 0 Å². The fraction of sp³-hybridized carbons (Fsp3) is 0.500. The van der Waals surface area contributed by atoms with Gasteiger partial charge in [-0.05, 0) is 124 Å². The molecule has 1 aliphatic carbocycles. The van der Waals surface area contributed by atoms with Gasteiger partial charge in [-0.15, -0.1) is 0 Å². The molecule has 176 valence electrons. The minimum absolute atomic E-state index is 0.00300. The molecule has 0 atom stereocenters. The summed E-state index contributed by atoms with van der Waals surface area (Å²) in [4.78, 5) is 0.00600. The van der Waals surface area contributed by atoms with Gasteiger partial charge in [0, 0.05) is 0 Å². The Balaban J connectivity index is 1.97. The average Bonchev–Trinajstić information content (AvgIpc) is 2.59. The summed E-state index contributed by atoms with van der Waals surface area (Å²) in [5.74, 6) is 0.332. The van der Waals surface area contributed by atoms with Crippen LogP contribution in [0.4, 0.5) is 0 Å². The van der Waals surface area contributed by atoms with Gasteiger partial charge in [-0.3, -0.25) is 9.11 Å². The van der Waals surface area contributed by atoms with Crippen molar-refractivity contribution >= 4 is 20.2 Å². The van der Waals surface area contributed by atoms with Crippen LogP contribution in [0.5, 0.6) is 0 Å². The highest BCUT2D eigenvalue weighted by Gasteiger charge is 2.31. The minimum atomic E-state index is -4.31. The molecule has 0 radical (unpaired) electrons. The molecule has 0 spiro atoms. The van der Waals surface area contributed by atoms with Gasteiger partial charge in [-0.25, -0.2) is 0 Å². The molecule has 2 aromatic rings. The lowest BCUT2D eigenvalue weighted by Gasteiger charge is -2.33. The standard InChI is InChI=1S/C24H32O6S2/c1-13-11-15(3)23(31(25,26)27)17(5)21(13)19-7-9-20(10-8-19)22-14(2)12-16(4)24(18(22)6)32(28,29)30/h11-12,19-20H,7-10H2,1-6H3,(H,25,26,27)(H,28,29,30). The van der Waals surface area contributed by atoms with Crippen molar-refractivity contribution in [2.24, 2.45) is 0 Å². The molecule has 0 heterocycles. The van der Waals surface area contributed by atoms with Crippen molar-refractivity contribution in [1.82, 2.24) is 0 Å². The molecule has 0 unspecified atom stereocenters. The van der Waals surface area contributed by atoms with Crippen molar-refractivity contribution in [1.29, 1.82) is 0 Å². The van der Waals surface area contributed by atoms with Crippen LogP contribution in [-0.2, 0) is 20.2 Å². The predicted molar refractivity (Wildman–Crippen MR) is 125 cm³/mol. The Bertz CT molecular complexity index is 1180. The lowest BCUT2D eigenvalue weighted by atomic mass is 9.72. The molecule has 1 fully saturated rings. The molecule has 6 nitrogen and oxygen atoms in total. The van der Waals surface area contributed by atoms with Crippen LogP contribution < -0.4 is 0 Å². The molecule has 0 aliphatic heterocycles. The van der Waals surface area contributed by atoms with E-state index in [1.54, 1.807) is 27.7 Å². The second-order valence-electron chi connectivity index (χ2n) is 9.26. The topological polar surface area (TPSA) is 109 Å². The first kappa shape index (κ1) is 24.9. The first-order valence-electron chi connectivity index (χ1n) is 10.8. The van der Waals surface area contributed by atoms with Crippen LogP contribution in [0.1, 0.15) is 82.0 Å². The third-order valence-corrected chi connectivity index (χ3v) is 9.27. The molecule has 0 saturated heterocycles. The van der Waals surface area contributed by atoms with E-state index in [2.05, 4.69) is 0 Å². The maximum Gasteiger partial charge on any atom is 0.295 e. The van der Waals surface area contributed by atoms with E-state index in [4.69, 9.17) is 0 Å². The molecular formula is C24H32O6S2. The zero-order chi connectivity index (χ0) is 24.2. The largest absolute Gasteiger partial charge is 0.295 e. The average molecular weight is 481 g/mol. The SMILES string of the molecule is Cc1cc(C)c(S(=O)(=O)O)c(C)c1C1CCC(c2c(C)cc(C)c(S(=O)(=O)O)c2C)CC1. The van der Waals surface area contributed by atoms with Crippen molar-refractivity contribution in [3.05, 3.63) is 56.6 Å². The summed E-state index contributed by atoms with van der Waals surface area (Å²) in [6, 6.07) is 3.65. The van der Waals surface area contributed by atoms with Crippen LogP contribution in [0, 0.1) is 41.5 Å². The van der Waals surface area contributed by atoms with E-state index in [1.165, 1.54) is 0 Å². The van der Waals surface area contributed by atoms with E-state index >= 15 is 0 Å². The van der Waals surface area contributed by atoms with Gasteiger partial charge in [-0.1, -0.05) is 12.1 Å². The molecule has 1 saturated carbocycles. The molecule has 32 heavy (non-hydrogen) atoms. The normalized spacial score (nSPS) is 19.9. The molecule has 3 rings (SSSR count). The second kappa shape index (κ2) is 8.56. The van der Waals surface area contributed by atoms with E-state index in [0.29, 0.717) is 22.3 Å². The Kier molecular flexibility index (Phi) is 6.66. The smallest absolute Gasteiger partial charge is 0.282 e. The highest BCUT2D eigenvalue weighted by Crippen LogP contribution is 2.46. The Hall–Kier alpha value is -1.74. The van der Waals surface area contributed by atoms with Crippen molar-refractivity contribution in [2.45, 2.75) is 88.9 Å². The fourth-order valence-electron chi connectivity index (χ4n) is 6.08. The van der Waals surface area contributed by atoms with Gasteiger partial charge in [0.05, 0.1) is 9.79 Å². The van der Waals surface area contributed by atoms with E-state index in [0.717, 1.165) is 47.9 Å². The van der Waals surface area contributed by atoms with E-state index < -0.39 is 20.2 Å².